The molecule has 1 fully saturated rings. The fraction of sp³-hybridized carbons (Fsp3) is 0.538. The molecule has 0 spiro atoms. The van der Waals surface area contributed by atoms with Gasteiger partial charge in [-0.1, -0.05) is 11.6 Å². The minimum Gasteiger partial charge on any atom is -0.320 e. The largest absolute Gasteiger partial charge is 0.320 e. The van der Waals surface area contributed by atoms with Crippen LogP contribution in [0.15, 0.2) is 18.5 Å². The van der Waals surface area contributed by atoms with Crippen LogP contribution in [0.4, 0.5) is 0 Å². The monoisotopic (exact) mass is 296 g/mol. The zero-order valence-electron chi connectivity index (χ0n) is 10.9. The molecule has 0 aromatic carbocycles. The number of hydrogen-bond acceptors (Lipinski definition) is 4. The number of aryl methyl sites for hydroxylation is 1. The summed E-state index contributed by atoms with van der Waals surface area (Å²) in [7, 11) is 2.02. The molecule has 1 aliphatic rings. The van der Waals surface area contributed by atoms with Crippen molar-refractivity contribution in [1.82, 2.24) is 19.7 Å². The summed E-state index contributed by atoms with van der Waals surface area (Å²) in [4.78, 5) is 3.84. The van der Waals surface area contributed by atoms with Crippen molar-refractivity contribution in [3.05, 3.63) is 33.5 Å². The normalized spacial score (nSPS) is 18.0. The second-order valence-electron chi connectivity index (χ2n) is 5.06. The van der Waals surface area contributed by atoms with E-state index in [1.54, 1.807) is 17.7 Å². The highest BCUT2D eigenvalue weighted by atomic mass is 35.5. The molecule has 3 heterocycles. The van der Waals surface area contributed by atoms with Crippen molar-refractivity contribution >= 4 is 22.9 Å². The number of nitrogens with zero attached hydrogens (tertiary/aromatic N) is 4. The van der Waals surface area contributed by atoms with Crippen LogP contribution in [0, 0.1) is 0 Å². The summed E-state index contributed by atoms with van der Waals surface area (Å²) in [5, 5.41) is 8.20. The minimum atomic E-state index is 0.552. The van der Waals surface area contributed by atoms with E-state index in [1.165, 1.54) is 4.88 Å². The van der Waals surface area contributed by atoms with Crippen LogP contribution in [0.2, 0.25) is 4.34 Å². The second kappa shape index (κ2) is 5.61. The predicted octanol–water partition coefficient (Wildman–Crippen LogP) is 2.91. The van der Waals surface area contributed by atoms with Gasteiger partial charge >= 0.3 is 0 Å². The van der Waals surface area contributed by atoms with Crippen LogP contribution in [0.5, 0.6) is 0 Å². The topological polar surface area (TPSA) is 34.0 Å². The molecule has 102 valence electrons. The van der Waals surface area contributed by atoms with E-state index < -0.39 is 0 Å². The molecule has 0 atom stereocenters. The fourth-order valence-corrected chi connectivity index (χ4v) is 3.80. The lowest BCUT2D eigenvalue weighted by Crippen LogP contribution is -2.32. The third-order valence-corrected chi connectivity index (χ3v) is 4.92. The summed E-state index contributed by atoms with van der Waals surface area (Å²) in [5.74, 6) is 1.68. The van der Waals surface area contributed by atoms with Gasteiger partial charge in [-0.25, -0.2) is 0 Å². The van der Waals surface area contributed by atoms with Gasteiger partial charge in [0.25, 0.3) is 0 Å². The average Bonchev–Trinajstić information content (AvgIpc) is 3.00. The Kier molecular flexibility index (Phi) is 3.86. The Bertz CT molecular complexity index is 542. The number of rotatable bonds is 3. The molecule has 0 bridgehead atoms. The maximum atomic E-state index is 5.97. The van der Waals surface area contributed by atoms with Crippen molar-refractivity contribution in [1.29, 1.82) is 0 Å². The van der Waals surface area contributed by atoms with Gasteiger partial charge in [0.2, 0.25) is 0 Å². The molecule has 2 aromatic rings. The van der Waals surface area contributed by atoms with Crippen molar-refractivity contribution in [2.75, 3.05) is 13.1 Å². The molecule has 0 aliphatic carbocycles. The Morgan fingerprint density at radius 3 is 2.74 bits per heavy atom. The summed E-state index contributed by atoms with van der Waals surface area (Å²) in [5.41, 5.74) is 0. The predicted molar refractivity (Wildman–Crippen MR) is 77.6 cm³/mol. The molecule has 1 aliphatic heterocycles. The van der Waals surface area contributed by atoms with Gasteiger partial charge < -0.3 is 4.57 Å². The highest BCUT2D eigenvalue weighted by molar-refractivity contribution is 7.16. The molecule has 0 radical (unpaired) electrons. The molecule has 2 aromatic heterocycles. The van der Waals surface area contributed by atoms with Gasteiger partial charge in [-0.3, -0.25) is 4.90 Å². The molecule has 0 N–H and O–H groups in total. The van der Waals surface area contributed by atoms with E-state index in [-0.39, 0.29) is 0 Å². The van der Waals surface area contributed by atoms with Crippen LogP contribution >= 0.6 is 22.9 Å². The average molecular weight is 297 g/mol. The summed E-state index contributed by atoms with van der Waals surface area (Å²) < 4.78 is 2.92. The van der Waals surface area contributed by atoms with E-state index in [0.717, 1.165) is 42.6 Å². The van der Waals surface area contributed by atoms with Gasteiger partial charge in [-0.15, -0.1) is 21.5 Å². The zero-order chi connectivity index (χ0) is 13.2. The maximum absolute atomic E-state index is 5.97. The van der Waals surface area contributed by atoms with Gasteiger partial charge in [0, 0.05) is 24.4 Å². The Morgan fingerprint density at radius 2 is 2.16 bits per heavy atom. The van der Waals surface area contributed by atoms with E-state index in [4.69, 9.17) is 11.6 Å². The van der Waals surface area contributed by atoms with E-state index >= 15 is 0 Å². The highest BCUT2D eigenvalue weighted by Crippen LogP contribution is 2.28. The Balaban J connectivity index is 1.56. The third kappa shape index (κ3) is 2.99. The number of likely N-dealkylation sites (tertiary alicyclic amines) is 1. The Hall–Kier alpha value is -0.910. The van der Waals surface area contributed by atoms with Gasteiger partial charge in [0.15, 0.2) is 0 Å². The van der Waals surface area contributed by atoms with E-state index in [1.807, 2.05) is 17.7 Å². The number of thiophene rings is 1. The van der Waals surface area contributed by atoms with Crippen molar-refractivity contribution in [2.45, 2.75) is 25.3 Å². The summed E-state index contributed by atoms with van der Waals surface area (Å²) in [6.07, 6.45) is 4.10. The zero-order valence-corrected chi connectivity index (χ0v) is 12.5. The molecular formula is C13H17ClN4S. The van der Waals surface area contributed by atoms with Crippen LogP contribution in [-0.4, -0.2) is 32.8 Å². The number of hydrogen-bond donors (Lipinski definition) is 0. The minimum absolute atomic E-state index is 0.552. The molecule has 6 heteroatoms. The SMILES string of the molecule is Cn1cnnc1C1CCN(Cc2ccc(Cl)s2)CC1. The van der Waals surface area contributed by atoms with Gasteiger partial charge in [-0.2, -0.15) is 0 Å². The first kappa shape index (κ1) is 13.1. The first-order valence-electron chi connectivity index (χ1n) is 6.53. The van der Waals surface area contributed by atoms with Crippen LogP contribution in [0.25, 0.3) is 0 Å². The van der Waals surface area contributed by atoms with E-state index in [0.29, 0.717) is 5.92 Å². The van der Waals surface area contributed by atoms with Crippen LogP contribution in [-0.2, 0) is 13.6 Å². The lowest BCUT2D eigenvalue weighted by atomic mass is 9.96. The molecule has 0 saturated carbocycles. The number of piperidine rings is 1. The van der Waals surface area contributed by atoms with Crippen LogP contribution < -0.4 is 0 Å². The lowest BCUT2D eigenvalue weighted by Gasteiger charge is -2.30. The summed E-state index contributed by atoms with van der Waals surface area (Å²) in [6.45, 7) is 3.25. The van der Waals surface area contributed by atoms with Gasteiger partial charge in [-0.05, 0) is 38.1 Å². The molecular weight excluding hydrogens is 280 g/mol. The van der Waals surface area contributed by atoms with Gasteiger partial charge in [0.05, 0.1) is 4.34 Å². The lowest BCUT2D eigenvalue weighted by molar-refractivity contribution is 0.202. The highest BCUT2D eigenvalue weighted by Gasteiger charge is 2.23. The number of halogens is 1. The Labute approximate surface area is 122 Å². The molecule has 0 unspecified atom stereocenters. The molecule has 3 rings (SSSR count). The smallest absolute Gasteiger partial charge is 0.135 e. The molecule has 1 saturated heterocycles. The first-order valence-corrected chi connectivity index (χ1v) is 7.72. The van der Waals surface area contributed by atoms with Crippen molar-refractivity contribution in [3.63, 3.8) is 0 Å². The number of aromatic nitrogens is 3. The molecule has 0 amide bonds. The summed E-state index contributed by atoms with van der Waals surface area (Å²) in [6, 6.07) is 4.11. The van der Waals surface area contributed by atoms with Crippen LogP contribution in [0.3, 0.4) is 0 Å². The second-order valence-corrected chi connectivity index (χ2v) is 6.86. The van der Waals surface area contributed by atoms with E-state index in [9.17, 15) is 0 Å². The standard InChI is InChI=1S/C13H17ClN4S/c1-17-9-15-16-13(17)10-4-6-18(7-5-10)8-11-2-3-12(14)19-11/h2-3,9-10H,4-8H2,1H3. The fourth-order valence-electron chi connectivity index (χ4n) is 2.67. The van der Waals surface area contributed by atoms with Gasteiger partial charge in [0.1, 0.15) is 12.2 Å². The van der Waals surface area contributed by atoms with Crippen molar-refractivity contribution in [2.24, 2.45) is 7.05 Å². The van der Waals surface area contributed by atoms with E-state index in [2.05, 4.69) is 21.2 Å². The van der Waals surface area contributed by atoms with Crippen LogP contribution in [0.1, 0.15) is 29.5 Å². The van der Waals surface area contributed by atoms with Crippen molar-refractivity contribution in [3.8, 4) is 0 Å². The molecule has 4 nitrogen and oxygen atoms in total. The summed E-state index contributed by atoms with van der Waals surface area (Å²) >= 11 is 7.65. The maximum Gasteiger partial charge on any atom is 0.135 e. The first-order chi connectivity index (χ1) is 9.22. The third-order valence-electron chi connectivity index (χ3n) is 3.71. The quantitative estimate of drug-likeness (QED) is 0.873. The van der Waals surface area contributed by atoms with Crippen molar-refractivity contribution < 1.29 is 0 Å². The molecule has 19 heavy (non-hydrogen) atoms. The Morgan fingerprint density at radius 1 is 1.37 bits per heavy atom.